The number of hydrogen-bond acceptors (Lipinski definition) is 3. The third-order valence-corrected chi connectivity index (χ3v) is 3.34. The van der Waals surface area contributed by atoms with Gasteiger partial charge in [-0.15, -0.1) is 12.4 Å². The predicted octanol–water partition coefficient (Wildman–Crippen LogP) is 3.09. The largest absolute Gasteiger partial charge is 0.461 e. The summed E-state index contributed by atoms with van der Waals surface area (Å²) in [6, 6.07) is 7.73. The maximum Gasteiger partial charge on any atom is 0.340 e. The van der Waals surface area contributed by atoms with Crippen LogP contribution in [0.15, 0.2) is 30.5 Å². The number of H-pyrrole nitrogens is 1. The minimum Gasteiger partial charge on any atom is -0.461 e. The Morgan fingerprint density at radius 1 is 1.25 bits per heavy atom. The smallest absolute Gasteiger partial charge is 0.340 e. The van der Waals surface area contributed by atoms with Gasteiger partial charge in [0.2, 0.25) is 0 Å². The molecule has 5 heteroatoms. The highest BCUT2D eigenvalue weighted by molar-refractivity contribution is 6.03. The molecule has 0 bridgehead atoms. The van der Waals surface area contributed by atoms with Gasteiger partial charge in [-0.1, -0.05) is 32.0 Å². The van der Waals surface area contributed by atoms with Crippen LogP contribution < -0.4 is 0 Å². The fourth-order valence-corrected chi connectivity index (χ4v) is 2.13. The Kier molecular flexibility index (Phi) is 6.55. The lowest BCUT2D eigenvalue weighted by molar-refractivity contribution is 0.0469. The first-order valence-corrected chi connectivity index (χ1v) is 6.71. The molecule has 0 atom stereocenters. The van der Waals surface area contributed by atoms with Crippen LogP contribution in [0.2, 0.25) is 0 Å². The summed E-state index contributed by atoms with van der Waals surface area (Å²) in [6.45, 7) is 7.36. The standard InChI is InChI=1S/C15H20N2O2.ClH/c1-3-17(4-2)9-10-19-15(18)13-11-16-14-8-6-5-7-12(13)14;/h5-8,11,16H,3-4,9-10H2,1-2H3;1H. The van der Waals surface area contributed by atoms with Crippen LogP contribution in [-0.2, 0) is 4.74 Å². The average molecular weight is 297 g/mol. The summed E-state index contributed by atoms with van der Waals surface area (Å²) in [4.78, 5) is 17.3. The monoisotopic (exact) mass is 296 g/mol. The maximum absolute atomic E-state index is 12.0. The van der Waals surface area contributed by atoms with Crippen LogP contribution in [0, 0.1) is 0 Å². The highest BCUT2D eigenvalue weighted by Gasteiger charge is 2.13. The second-order valence-corrected chi connectivity index (χ2v) is 4.41. The predicted molar refractivity (Wildman–Crippen MR) is 83.6 cm³/mol. The van der Waals surface area contributed by atoms with Gasteiger partial charge in [-0.25, -0.2) is 4.79 Å². The van der Waals surface area contributed by atoms with Gasteiger partial charge >= 0.3 is 5.97 Å². The van der Waals surface area contributed by atoms with Crippen molar-refractivity contribution in [3.05, 3.63) is 36.0 Å². The number of ether oxygens (including phenoxy) is 1. The molecule has 0 aliphatic heterocycles. The summed E-state index contributed by atoms with van der Waals surface area (Å²) in [6.07, 6.45) is 1.71. The van der Waals surface area contributed by atoms with Crippen LogP contribution >= 0.6 is 12.4 Å². The second-order valence-electron chi connectivity index (χ2n) is 4.41. The zero-order valence-electron chi connectivity index (χ0n) is 11.9. The highest BCUT2D eigenvalue weighted by Crippen LogP contribution is 2.18. The van der Waals surface area contributed by atoms with E-state index in [4.69, 9.17) is 4.74 Å². The number of esters is 1. The van der Waals surface area contributed by atoms with Crippen LogP contribution in [0.5, 0.6) is 0 Å². The third-order valence-electron chi connectivity index (χ3n) is 3.34. The lowest BCUT2D eigenvalue weighted by atomic mass is 10.2. The van der Waals surface area contributed by atoms with E-state index >= 15 is 0 Å². The zero-order valence-corrected chi connectivity index (χ0v) is 12.7. The maximum atomic E-state index is 12.0. The Hall–Kier alpha value is -1.52. The van der Waals surface area contributed by atoms with Gasteiger partial charge in [0.05, 0.1) is 5.56 Å². The number of aromatic nitrogens is 1. The van der Waals surface area contributed by atoms with E-state index in [1.165, 1.54) is 0 Å². The van der Waals surface area contributed by atoms with E-state index in [0.717, 1.165) is 30.5 Å². The minimum absolute atomic E-state index is 0. The van der Waals surface area contributed by atoms with Gasteiger partial charge < -0.3 is 14.6 Å². The number of hydrogen-bond donors (Lipinski definition) is 1. The van der Waals surface area contributed by atoms with Crippen LogP contribution in [0.1, 0.15) is 24.2 Å². The summed E-state index contributed by atoms with van der Waals surface area (Å²) >= 11 is 0. The molecule has 0 fully saturated rings. The number of nitrogens with one attached hydrogen (secondary N) is 1. The summed E-state index contributed by atoms with van der Waals surface area (Å²) in [5, 5.41) is 0.912. The molecule has 110 valence electrons. The molecule has 1 aromatic heterocycles. The first-order chi connectivity index (χ1) is 9.26. The van der Waals surface area contributed by atoms with Crippen molar-refractivity contribution in [2.75, 3.05) is 26.2 Å². The Labute approximate surface area is 125 Å². The van der Waals surface area contributed by atoms with Crippen molar-refractivity contribution < 1.29 is 9.53 Å². The van der Waals surface area contributed by atoms with E-state index in [1.54, 1.807) is 6.20 Å². The molecule has 0 radical (unpaired) electrons. The molecule has 0 amide bonds. The fourth-order valence-electron chi connectivity index (χ4n) is 2.13. The quantitative estimate of drug-likeness (QED) is 0.833. The molecular weight excluding hydrogens is 276 g/mol. The molecule has 1 N–H and O–H groups in total. The van der Waals surface area contributed by atoms with Gasteiger partial charge in [-0.05, 0) is 19.2 Å². The number of aromatic amines is 1. The number of likely N-dealkylation sites (N-methyl/N-ethyl adjacent to an activating group) is 1. The number of para-hydroxylation sites is 1. The van der Waals surface area contributed by atoms with Gasteiger partial charge in [0, 0.05) is 23.6 Å². The molecule has 0 unspecified atom stereocenters. The Balaban J connectivity index is 0.00000200. The topological polar surface area (TPSA) is 45.3 Å². The SMILES string of the molecule is CCN(CC)CCOC(=O)c1c[nH]c2ccccc12.Cl. The Morgan fingerprint density at radius 3 is 2.65 bits per heavy atom. The van der Waals surface area contributed by atoms with Crippen LogP contribution in [0.25, 0.3) is 10.9 Å². The zero-order chi connectivity index (χ0) is 13.7. The average Bonchev–Trinajstić information content (AvgIpc) is 2.87. The van der Waals surface area contributed by atoms with Gasteiger partial charge in [0.25, 0.3) is 0 Å². The first kappa shape index (κ1) is 16.5. The van der Waals surface area contributed by atoms with Crippen molar-refractivity contribution >= 4 is 29.3 Å². The van der Waals surface area contributed by atoms with Crippen molar-refractivity contribution in [2.45, 2.75) is 13.8 Å². The molecule has 1 aromatic carbocycles. The van der Waals surface area contributed by atoms with Crippen molar-refractivity contribution in [3.8, 4) is 0 Å². The number of fused-ring (bicyclic) bond motifs is 1. The Bertz CT molecular complexity index is 550. The highest BCUT2D eigenvalue weighted by atomic mass is 35.5. The number of halogens is 1. The summed E-state index contributed by atoms with van der Waals surface area (Å²) < 4.78 is 5.33. The Morgan fingerprint density at radius 2 is 1.95 bits per heavy atom. The van der Waals surface area contributed by atoms with E-state index in [2.05, 4.69) is 23.7 Å². The molecule has 0 aliphatic rings. The van der Waals surface area contributed by atoms with Gasteiger partial charge in [0.1, 0.15) is 6.61 Å². The van der Waals surface area contributed by atoms with Crippen molar-refractivity contribution in [3.63, 3.8) is 0 Å². The first-order valence-electron chi connectivity index (χ1n) is 6.71. The number of carbonyl (C=O) groups excluding carboxylic acids is 1. The molecule has 20 heavy (non-hydrogen) atoms. The third kappa shape index (κ3) is 3.74. The number of carbonyl (C=O) groups is 1. The molecule has 2 aromatic rings. The van der Waals surface area contributed by atoms with E-state index < -0.39 is 0 Å². The second kappa shape index (κ2) is 7.92. The van der Waals surface area contributed by atoms with Gasteiger partial charge in [-0.3, -0.25) is 0 Å². The van der Waals surface area contributed by atoms with Gasteiger partial charge in [0.15, 0.2) is 0 Å². The fraction of sp³-hybridized carbons (Fsp3) is 0.400. The van der Waals surface area contributed by atoms with E-state index in [-0.39, 0.29) is 18.4 Å². The molecule has 0 saturated heterocycles. The van der Waals surface area contributed by atoms with E-state index in [0.29, 0.717) is 12.2 Å². The van der Waals surface area contributed by atoms with Crippen molar-refractivity contribution in [1.82, 2.24) is 9.88 Å². The van der Waals surface area contributed by atoms with E-state index in [1.807, 2.05) is 24.3 Å². The molecular formula is C15H21ClN2O2. The van der Waals surface area contributed by atoms with Crippen molar-refractivity contribution in [2.24, 2.45) is 0 Å². The number of benzene rings is 1. The van der Waals surface area contributed by atoms with Crippen molar-refractivity contribution in [1.29, 1.82) is 0 Å². The van der Waals surface area contributed by atoms with Crippen LogP contribution in [0.3, 0.4) is 0 Å². The molecule has 1 heterocycles. The molecule has 2 rings (SSSR count). The summed E-state index contributed by atoms with van der Waals surface area (Å²) in [5.74, 6) is -0.260. The van der Waals surface area contributed by atoms with Gasteiger partial charge in [-0.2, -0.15) is 0 Å². The lowest BCUT2D eigenvalue weighted by Gasteiger charge is -2.17. The molecule has 0 aliphatic carbocycles. The van der Waals surface area contributed by atoms with Crippen LogP contribution in [0.4, 0.5) is 0 Å². The molecule has 4 nitrogen and oxygen atoms in total. The lowest BCUT2D eigenvalue weighted by Crippen LogP contribution is -2.27. The van der Waals surface area contributed by atoms with E-state index in [9.17, 15) is 4.79 Å². The summed E-state index contributed by atoms with van der Waals surface area (Å²) in [7, 11) is 0. The molecule has 0 saturated carbocycles. The molecule has 0 spiro atoms. The normalized spacial score (nSPS) is 10.6. The number of nitrogens with zero attached hydrogens (tertiary/aromatic N) is 1. The minimum atomic E-state index is -0.260. The van der Waals surface area contributed by atoms with Crippen LogP contribution in [-0.4, -0.2) is 42.1 Å². The summed E-state index contributed by atoms with van der Waals surface area (Å²) in [5.41, 5.74) is 1.56. The number of rotatable bonds is 6.